The first-order chi connectivity index (χ1) is 23.8. The second-order valence-corrected chi connectivity index (χ2v) is 14.1. The third-order valence-electron chi connectivity index (χ3n) is 11.5. The number of fused-ring (bicyclic) bond motifs is 14. The van der Waals surface area contributed by atoms with Crippen LogP contribution in [-0.4, -0.2) is 15.9 Å². The van der Waals surface area contributed by atoms with Crippen LogP contribution in [0.3, 0.4) is 0 Å². The highest BCUT2D eigenvalue weighted by Gasteiger charge is 2.44. The van der Waals surface area contributed by atoms with E-state index in [0.29, 0.717) is 0 Å². The lowest BCUT2D eigenvalue weighted by atomic mass is 9.44. The van der Waals surface area contributed by atoms with Gasteiger partial charge in [0.25, 0.3) is 0 Å². The maximum atomic E-state index is 6.91. The van der Waals surface area contributed by atoms with Crippen LogP contribution in [0.2, 0.25) is 0 Å². The van der Waals surface area contributed by atoms with Crippen molar-refractivity contribution in [1.82, 2.24) is 9.05 Å². The van der Waals surface area contributed by atoms with E-state index in [9.17, 15) is 0 Å². The highest BCUT2D eigenvalue weighted by atomic mass is 16.3. The molecule has 3 aromatic heterocycles. The molecular formula is C44H35BN2O. The Balaban J connectivity index is 1.41. The average molecular weight is 619 g/mol. The van der Waals surface area contributed by atoms with Crippen LogP contribution in [0, 0.1) is 0 Å². The molecule has 0 atom stereocenters. The third kappa shape index (κ3) is 3.26. The summed E-state index contributed by atoms with van der Waals surface area (Å²) in [5, 5.41) is 7.72. The topological polar surface area (TPSA) is 23.0 Å². The van der Waals surface area contributed by atoms with E-state index in [1.807, 2.05) is 0 Å². The summed E-state index contributed by atoms with van der Waals surface area (Å²) in [5.74, 6) is 0. The third-order valence-corrected chi connectivity index (χ3v) is 11.5. The number of rotatable bonds is 6. The lowest BCUT2D eigenvalue weighted by molar-refractivity contribution is 0.670. The average Bonchev–Trinajstić information content (AvgIpc) is 3.78. The highest BCUT2D eigenvalue weighted by molar-refractivity contribution is 6.90. The van der Waals surface area contributed by atoms with Crippen molar-refractivity contribution in [3.05, 3.63) is 114 Å². The molecule has 0 bridgehead atoms. The summed E-state index contributed by atoms with van der Waals surface area (Å²) in [6.07, 6.45) is 6.93. The van der Waals surface area contributed by atoms with E-state index in [1.165, 1.54) is 119 Å². The minimum absolute atomic E-state index is 0.0387. The zero-order valence-electron chi connectivity index (χ0n) is 27.4. The van der Waals surface area contributed by atoms with Crippen molar-refractivity contribution < 1.29 is 4.42 Å². The highest BCUT2D eigenvalue weighted by Crippen LogP contribution is 2.47. The van der Waals surface area contributed by atoms with Gasteiger partial charge in [0, 0.05) is 60.2 Å². The maximum absolute atomic E-state index is 6.91. The molecule has 2 aliphatic heterocycles. The van der Waals surface area contributed by atoms with Gasteiger partial charge >= 0.3 is 6.85 Å². The van der Waals surface area contributed by atoms with Gasteiger partial charge in [-0.1, -0.05) is 106 Å². The maximum Gasteiger partial charge on any atom is 0.333 e. The lowest BCUT2D eigenvalue weighted by Gasteiger charge is -2.35. The van der Waals surface area contributed by atoms with Gasteiger partial charge in [0.2, 0.25) is 0 Å². The second-order valence-electron chi connectivity index (χ2n) is 14.1. The Morgan fingerprint density at radius 2 is 1.35 bits per heavy atom. The van der Waals surface area contributed by atoms with Gasteiger partial charge in [-0.2, -0.15) is 0 Å². The van der Waals surface area contributed by atoms with E-state index >= 15 is 0 Å². The Kier molecular flexibility index (Phi) is 5.40. The lowest BCUT2D eigenvalue weighted by Crippen LogP contribution is -2.56. The molecule has 9 aromatic rings. The number of hydrogen-bond donors (Lipinski definition) is 0. The Morgan fingerprint density at radius 3 is 2.25 bits per heavy atom. The fourth-order valence-corrected chi connectivity index (χ4v) is 9.41. The van der Waals surface area contributed by atoms with Crippen LogP contribution in [0.25, 0.3) is 82.4 Å². The minimum atomic E-state index is 0.0387. The van der Waals surface area contributed by atoms with E-state index in [-0.39, 0.29) is 6.85 Å². The summed E-state index contributed by atoms with van der Waals surface area (Å²) >= 11 is 0. The molecule has 0 unspecified atom stereocenters. The summed E-state index contributed by atoms with van der Waals surface area (Å²) < 4.78 is 12.3. The Morgan fingerprint density at radius 1 is 0.604 bits per heavy atom. The first-order valence-corrected chi connectivity index (χ1v) is 17.9. The summed E-state index contributed by atoms with van der Waals surface area (Å²) in [6.45, 7) is 4.64. The van der Waals surface area contributed by atoms with Crippen LogP contribution in [0.1, 0.15) is 50.7 Å². The molecule has 0 radical (unpaired) electrons. The number of unbranched alkanes of at least 4 members (excludes halogenated alkanes) is 2. The molecule has 5 heterocycles. The molecule has 0 fully saturated rings. The number of para-hydroxylation sites is 3. The standard InChI is InChI=1S/C44H35BN2O/c1-3-5-12-26-20-22-29-32-23-21-27(13-6-4-2)40-43(32)46(36(29)24-26)37-25-34-30-15-8-10-19-38(30)48-44(34)39-33-17-11-16-31-28-14-7-9-18-35(28)47(42(31)33)45(40)41(37)39/h7-11,14-25H,3-6,12-13H2,1-2H3. The number of benzene rings is 6. The molecule has 0 saturated carbocycles. The van der Waals surface area contributed by atoms with Crippen molar-refractivity contribution in [2.75, 3.05) is 0 Å². The number of hydrogen-bond acceptors (Lipinski definition) is 1. The van der Waals surface area contributed by atoms with Crippen molar-refractivity contribution in [2.45, 2.75) is 52.4 Å². The summed E-state index contributed by atoms with van der Waals surface area (Å²) in [6, 6.07) is 39.1. The molecular weight excluding hydrogens is 583 g/mol. The largest absolute Gasteiger partial charge is 0.455 e. The molecule has 11 rings (SSSR count). The van der Waals surface area contributed by atoms with Gasteiger partial charge in [-0.3, -0.25) is 0 Å². The van der Waals surface area contributed by atoms with Crippen molar-refractivity contribution in [1.29, 1.82) is 0 Å². The zero-order chi connectivity index (χ0) is 31.7. The van der Waals surface area contributed by atoms with Gasteiger partial charge < -0.3 is 13.5 Å². The molecule has 2 aliphatic rings. The molecule has 0 saturated heterocycles. The molecule has 4 heteroatoms. The van der Waals surface area contributed by atoms with Crippen molar-refractivity contribution in [3.8, 4) is 16.8 Å². The van der Waals surface area contributed by atoms with Crippen molar-refractivity contribution in [2.24, 2.45) is 0 Å². The van der Waals surface area contributed by atoms with Crippen LogP contribution >= 0.6 is 0 Å². The summed E-state index contributed by atoms with van der Waals surface area (Å²) in [4.78, 5) is 0. The van der Waals surface area contributed by atoms with Crippen molar-refractivity contribution in [3.63, 3.8) is 0 Å². The van der Waals surface area contributed by atoms with Gasteiger partial charge in [0.1, 0.15) is 11.2 Å². The van der Waals surface area contributed by atoms with Gasteiger partial charge in [0.05, 0.1) is 11.0 Å². The monoisotopic (exact) mass is 618 g/mol. The number of aromatic nitrogens is 2. The first-order valence-electron chi connectivity index (χ1n) is 17.9. The Labute approximate surface area is 279 Å². The fourth-order valence-electron chi connectivity index (χ4n) is 9.41. The normalized spacial score (nSPS) is 13.2. The molecule has 6 aromatic carbocycles. The number of aryl methyl sites for hydroxylation is 2. The van der Waals surface area contributed by atoms with Crippen LogP contribution in [-0.2, 0) is 12.8 Å². The van der Waals surface area contributed by atoms with Crippen LogP contribution in [0.4, 0.5) is 0 Å². The molecule has 230 valence electrons. The quantitative estimate of drug-likeness (QED) is 0.170. The predicted molar refractivity (Wildman–Crippen MR) is 204 cm³/mol. The van der Waals surface area contributed by atoms with Gasteiger partial charge in [-0.15, -0.1) is 0 Å². The van der Waals surface area contributed by atoms with Gasteiger partial charge in [-0.25, -0.2) is 0 Å². The molecule has 0 aliphatic carbocycles. The zero-order valence-corrected chi connectivity index (χ0v) is 27.4. The summed E-state index contributed by atoms with van der Waals surface area (Å²) in [7, 11) is 0. The van der Waals surface area contributed by atoms with Crippen molar-refractivity contribution >= 4 is 83.3 Å². The number of nitrogens with zero attached hydrogens (tertiary/aromatic N) is 2. The summed E-state index contributed by atoms with van der Waals surface area (Å²) in [5.41, 5.74) is 16.8. The van der Waals surface area contributed by atoms with E-state index in [4.69, 9.17) is 4.42 Å². The SMILES string of the molecule is CCCCc1ccc2c3ccc(CCCC)c4c3n(c2c1)-c1cc2c(oc3ccccc32)c2c1B4n1c3ccccc3c3cccc-2c31. The van der Waals surface area contributed by atoms with Gasteiger partial charge in [-0.05, 0) is 72.0 Å². The molecule has 0 N–H and O–H groups in total. The van der Waals surface area contributed by atoms with E-state index in [1.54, 1.807) is 0 Å². The fraction of sp³-hybridized carbons (Fsp3) is 0.182. The first kappa shape index (κ1) is 26.8. The molecule has 3 nitrogen and oxygen atoms in total. The Bertz CT molecular complexity index is 2830. The van der Waals surface area contributed by atoms with Crippen LogP contribution in [0.5, 0.6) is 0 Å². The Hall–Kier alpha value is -5.22. The second kappa shape index (κ2) is 9.67. The number of furan rings is 1. The molecule has 48 heavy (non-hydrogen) atoms. The molecule has 0 amide bonds. The van der Waals surface area contributed by atoms with E-state index in [0.717, 1.165) is 24.0 Å². The van der Waals surface area contributed by atoms with E-state index in [2.05, 4.69) is 126 Å². The minimum Gasteiger partial charge on any atom is -0.455 e. The smallest absolute Gasteiger partial charge is 0.333 e. The molecule has 0 spiro atoms. The predicted octanol–water partition coefficient (Wildman–Crippen LogP) is 10.4. The van der Waals surface area contributed by atoms with E-state index < -0.39 is 0 Å². The van der Waals surface area contributed by atoms with Gasteiger partial charge in [0.15, 0.2) is 0 Å². The van der Waals surface area contributed by atoms with Crippen LogP contribution in [0.15, 0.2) is 108 Å². The van der Waals surface area contributed by atoms with Crippen LogP contribution < -0.4 is 10.9 Å².